The summed E-state index contributed by atoms with van der Waals surface area (Å²) in [6, 6.07) is 9.55. The third-order valence-electron chi connectivity index (χ3n) is 3.73. The minimum atomic E-state index is -0.396. The van der Waals surface area contributed by atoms with Crippen LogP contribution in [-0.2, 0) is 10.2 Å². The number of hydrogen-bond donors (Lipinski definition) is 0. The molecular weight excluding hydrogens is 392 g/mol. The number of carbonyl (C=O) groups is 1. The largest absolute Gasteiger partial charge is 0.481 e. The first kappa shape index (κ1) is 18.7. The van der Waals surface area contributed by atoms with Gasteiger partial charge in [-0.1, -0.05) is 53.7 Å². The van der Waals surface area contributed by atoms with Gasteiger partial charge < -0.3 is 14.3 Å². The maximum absolute atomic E-state index is 11.8. The van der Waals surface area contributed by atoms with Gasteiger partial charge in [-0.25, -0.2) is 0 Å². The summed E-state index contributed by atoms with van der Waals surface area (Å²) in [5, 5.41) is 0.0731. The van der Waals surface area contributed by atoms with Crippen molar-refractivity contribution in [2.45, 2.75) is 29.7 Å². The molecule has 1 aromatic heterocycles. The Hall–Kier alpha value is -1.60. The van der Waals surface area contributed by atoms with Crippen LogP contribution in [0.5, 0.6) is 11.8 Å². The fourth-order valence-corrected chi connectivity index (χ4v) is 3.41. The predicted molar refractivity (Wildman–Crippen MR) is 98.0 cm³/mol. The van der Waals surface area contributed by atoms with Crippen LogP contribution in [0, 0.1) is 0 Å². The minimum absolute atomic E-state index is 0.365. The second-order valence-corrected chi connectivity index (χ2v) is 7.66. The zero-order valence-electron chi connectivity index (χ0n) is 13.9. The first-order chi connectivity index (χ1) is 11.4. The summed E-state index contributed by atoms with van der Waals surface area (Å²) in [6.45, 7) is 4.05. The molecule has 5 nitrogen and oxygen atoms in total. The van der Waals surface area contributed by atoms with Gasteiger partial charge in [-0.15, -0.1) is 0 Å². The Labute approximate surface area is 154 Å². The summed E-state index contributed by atoms with van der Waals surface area (Å²) in [4.78, 5) is 20.3. The Balaban J connectivity index is 2.31. The van der Waals surface area contributed by atoms with E-state index in [1.165, 1.54) is 26.0 Å². The topological polar surface area (TPSA) is 61.3 Å². The highest BCUT2D eigenvalue weighted by atomic mass is 79.9. The molecule has 0 aliphatic heterocycles. The number of thioether (sulfide) groups is 1. The number of nitrogens with zero attached hydrogens (tertiary/aromatic N) is 2. The molecule has 1 atom stereocenters. The smallest absolute Gasteiger partial charge is 0.220 e. The van der Waals surface area contributed by atoms with E-state index < -0.39 is 5.41 Å². The second kappa shape index (κ2) is 7.98. The minimum Gasteiger partial charge on any atom is -0.481 e. The van der Waals surface area contributed by atoms with Crippen LogP contribution in [0.15, 0.2) is 40.0 Å². The average molecular weight is 411 g/mol. The van der Waals surface area contributed by atoms with Gasteiger partial charge in [0.05, 0.1) is 25.5 Å². The zero-order chi connectivity index (χ0) is 17.7. The quantitative estimate of drug-likeness (QED) is 0.391. The van der Waals surface area contributed by atoms with E-state index >= 15 is 0 Å². The number of halogens is 1. The molecule has 0 N–H and O–H groups in total. The van der Waals surface area contributed by atoms with E-state index in [0.717, 1.165) is 16.3 Å². The standard InChI is InChI=1S/C17H19BrN2O3S/c1-17(2,11-5-7-12(18)8-6-11)13(10-21)24-16-19-14(22-3)9-15(20-16)23-4/h5-10,13H,1-4H3. The highest BCUT2D eigenvalue weighted by molar-refractivity contribution is 9.10. The van der Waals surface area contributed by atoms with Gasteiger partial charge in [0.1, 0.15) is 6.29 Å². The lowest BCUT2D eigenvalue weighted by Gasteiger charge is -2.30. The summed E-state index contributed by atoms with van der Waals surface area (Å²) in [5.74, 6) is 0.797. The van der Waals surface area contributed by atoms with Crippen LogP contribution in [0.25, 0.3) is 0 Å². The SMILES string of the molecule is COc1cc(OC)nc(SC(C=O)C(C)(C)c2ccc(Br)cc2)n1. The molecule has 0 saturated carbocycles. The molecule has 0 amide bonds. The second-order valence-electron chi connectivity index (χ2n) is 5.64. The number of rotatable bonds is 7. The summed E-state index contributed by atoms with van der Waals surface area (Å²) in [7, 11) is 3.05. The fraction of sp³-hybridized carbons (Fsp3) is 0.353. The Morgan fingerprint density at radius 2 is 1.67 bits per heavy atom. The van der Waals surface area contributed by atoms with Gasteiger partial charge in [0.15, 0.2) is 5.16 Å². The third kappa shape index (κ3) is 4.27. The van der Waals surface area contributed by atoms with E-state index in [1.807, 2.05) is 38.1 Å². The van der Waals surface area contributed by atoms with Crippen LogP contribution in [-0.4, -0.2) is 35.7 Å². The van der Waals surface area contributed by atoms with E-state index in [2.05, 4.69) is 25.9 Å². The van der Waals surface area contributed by atoms with Crippen molar-refractivity contribution < 1.29 is 14.3 Å². The fourth-order valence-electron chi connectivity index (χ4n) is 2.15. The lowest BCUT2D eigenvalue weighted by Crippen LogP contribution is -2.32. The molecule has 24 heavy (non-hydrogen) atoms. The highest BCUT2D eigenvalue weighted by Crippen LogP contribution is 2.37. The summed E-state index contributed by atoms with van der Waals surface area (Å²) >= 11 is 4.72. The van der Waals surface area contributed by atoms with Crippen molar-refractivity contribution in [1.82, 2.24) is 9.97 Å². The third-order valence-corrected chi connectivity index (χ3v) is 5.61. The summed E-state index contributed by atoms with van der Waals surface area (Å²) < 4.78 is 11.3. The van der Waals surface area contributed by atoms with Crippen molar-refractivity contribution in [2.24, 2.45) is 0 Å². The van der Waals surface area contributed by atoms with Crippen molar-refractivity contribution in [2.75, 3.05) is 14.2 Å². The van der Waals surface area contributed by atoms with Crippen LogP contribution < -0.4 is 9.47 Å². The normalized spacial score (nSPS) is 12.5. The number of methoxy groups -OCH3 is 2. The molecule has 0 aliphatic carbocycles. The van der Waals surface area contributed by atoms with Crippen LogP contribution in [0.1, 0.15) is 19.4 Å². The first-order valence-corrected chi connectivity index (χ1v) is 8.93. The van der Waals surface area contributed by atoms with Gasteiger partial charge in [-0.3, -0.25) is 0 Å². The van der Waals surface area contributed by atoms with Crippen LogP contribution in [0.3, 0.4) is 0 Å². The molecule has 0 radical (unpaired) electrons. The van der Waals surface area contributed by atoms with Crippen LogP contribution >= 0.6 is 27.7 Å². The Morgan fingerprint density at radius 1 is 1.12 bits per heavy atom. The molecular formula is C17H19BrN2O3S. The molecule has 0 spiro atoms. The Bertz CT molecular complexity index is 685. The lowest BCUT2D eigenvalue weighted by molar-refractivity contribution is -0.108. The molecule has 7 heteroatoms. The number of carbonyl (C=O) groups excluding carboxylic acids is 1. The molecule has 1 unspecified atom stereocenters. The summed E-state index contributed by atoms with van der Waals surface area (Å²) in [6.07, 6.45) is 0.933. The molecule has 2 rings (SSSR count). The number of aldehydes is 1. The lowest BCUT2D eigenvalue weighted by atomic mass is 9.82. The van der Waals surface area contributed by atoms with Crippen molar-refractivity contribution >= 4 is 34.0 Å². The van der Waals surface area contributed by atoms with Gasteiger partial charge in [0, 0.05) is 9.89 Å². The molecule has 0 aliphatic rings. The molecule has 0 fully saturated rings. The molecule has 1 heterocycles. The van der Waals surface area contributed by atoms with Gasteiger partial charge in [-0.2, -0.15) is 9.97 Å². The maximum Gasteiger partial charge on any atom is 0.220 e. The molecule has 2 aromatic rings. The average Bonchev–Trinajstić information content (AvgIpc) is 2.59. The van der Waals surface area contributed by atoms with Gasteiger partial charge in [0.25, 0.3) is 0 Å². The van der Waals surface area contributed by atoms with E-state index in [9.17, 15) is 4.79 Å². The number of benzene rings is 1. The van der Waals surface area contributed by atoms with Crippen molar-refractivity contribution in [1.29, 1.82) is 0 Å². The van der Waals surface area contributed by atoms with Crippen molar-refractivity contribution in [3.8, 4) is 11.8 Å². The van der Waals surface area contributed by atoms with Gasteiger partial charge in [-0.05, 0) is 17.7 Å². The van der Waals surface area contributed by atoms with E-state index in [1.54, 1.807) is 6.07 Å². The molecule has 1 aromatic carbocycles. The Kier molecular flexibility index (Phi) is 6.23. The van der Waals surface area contributed by atoms with Gasteiger partial charge in [0.2, 0.25) is 11.8 Å². The molecule has 128 valence electrons. The van der Waals surface area contributed by atoms with Crippen LogP contribution in [0.4, 0.5) is 0 Å². The number of ether oxygens (including phenoxy) is 2. The zero-order valence-corrected chi connectivity index (χ0v) is 16.3. The van der Waals surface area contributed by atoms with E-state index in [4.69, 9.17) is 9.47 Å². The van der Waals surface area contributed by atoms with Crippen molar-refractivity contribution in [3.05, 3.63) is 40.4 Å². The monoisotopic (exact) mass is 410 g/mol. The first-order valence-electron chi connectivity index (χ1n) is 7.25. The number of hydrogen-bond acceptors (Lipinski definition) is 6. The summed E-state index contributed by atoms with van der Waals surface area (Å²) in [5.41, 5.74) is 0.664. The maximum atomic E-state index is 11.8. The van der Waals surface area contributed by atoms with Crippen LogP contribution in [0.2, 0.25) is 0 Å². The molecule has 0 bridgehead atoms. The van der Waals surface area contributed by atoms with Gasteiger partial charge >= 0.3 is 0 Å². The van der Waals surface area contributed by atoms with Crippen molar-refractivity contribution in [3.63, 3.8) is 0 Å². The van der Waals surface area contributed by atoms with E-state index in [-0.39, 0.29) is 5.25 Å². The predicted octanol–water partition coefficient (Wildman–Crippen LogP) is 3.89. The molecule has 0 saturated heterocycles. The van der Waals surface area contributed by atoms with E-state index in [0.29, 0.717) is 16.9 Å². The number of aromatic nitrogens is 2. The highest BCUT2D eigenvalue weighted by Gasteiger charge is 2.33. The Morgan fingerprint density at radius 3 is 2.12 bits per heavy atom.